The molecule has 0 heterocycles. The molecule has 0 rings (SSSR count). The zero-order valence-electron chi connectivity index (χ0n) is 9.28. The number of rotatable bonds is 7. The highest BCUT2D eigenvalue weighted by atomic mass is 16.5. The van der Waals surface area contributed by atoms with E-state index in [9.17, 15) is 9.59 Å². The fourth-order valence-electron chi connectivity index (χ4n) is 0.972. The van der Waals surface area contributed by atoms with Crippen LogP contribution < -0.4 is 5.32 Å². The molecule has 0 atom stereocenters. The Morgan fingerprint density at radius 2 is 2.13 bits per heavy atom. The second-order valence-electron chi connectivity index (χ2n) is 2.97. The molecule has 0 aliphatic carbocycles. The van der Waals surface area contributed by atoms with Gasteiger partial charge in [-0.3, -0.25) is 14.5 Å². The Hall–Kier alpha value is -1.36. The van der Waals surface area contributed by atoms with Crippen LogP contribution in [0.1, 0.15) is 6.92 Å². The predicted octanol–water partition coefficient (Wildman–Crippen LogP) is -0.216. The molecule has 0 aromatic rings. The minimum absolute atomic E-state index is 0.124. The van der Waals surface area contributed by atoms with Crippen LogP contribution in [0.3, 0.4) is 0 Å². The third-order valence-electron chi connectivity index (χ3n) is 1.84. The lowest BCUT2D eigenvalue weighted by atomic mass is 10.4. The molecule has 0 radical (unpaired) electrons. The minimum atomic E-state index is -0.339. The van der Waals surface area contributed by atoms with E-state index in [0.717, 1.165) is 0 Å². The van der Waals surface area contributed by atoms with Gasteiger partial charge in [0, 0.05) is 6.54 Å². The van der Waals surface area contributed by atoms with Gasteiger partial charge in [0.15, 0.2) is 0 Å². The summed E-state index contributed by atoms with van der Waals surface area (Å²) in [7, 11) is 1.33. The summed E-state index contributed by atoms with van der Waals surface area (Å²) in [6, 6.07) is 0. The second-order valence-corrected chi connectivity index (χ2v) is 2.97. The Morgan fingerprint density at radius 1 is 1.47 bits per heavy atom. The number of carbonyl (C=O) groups excluding carboxylic acids is 2. The molecular formula is C10H18N2O3. The van der Waals surface area contributed by atoms with E-state index in [1.54, 1.807) is 11.0 Å². The molecule has 1 N–H and O–H groups in total. The highest BCUT2D eigenvalue weighted by molar-refractivity contribution is 5.79. The van der Waals surface area contributed by atoms with Crippen molar-refractivity contribution >= 4 is 11.9 Å². The molecule has 0 aromatic carbocycles. The standard InChI is InChI=1S/C10H18N2O3/c1-4-6-11-9(13)7-12(5-2)8-10(14)15-3/h4H,1,5-8H2,2-3H3,(H,11,13). The summed E-state index contributed by atoms with van der Waals surface area (Å²) in [5, 5.41) is 2.64. The number of likely N-dealkylation sites (N-methyl/N-ethyl adjacent to an activating group) is 1. The Labute approximate surface area is 90.1 Å². The SMILES string of the molecule is C=CCNC(=O)CN(CC)CC(=O)OC. The van der Waals surface area contributed by atoms with E-state index in [1.165, 1.54) is 7.11 Å². The van der Waals surface area contributed by atoms with Crippen molar-refractivity contribution in [1.82, 2.24) is 10.2 Å². The Bertz CT molecular complexity index is 229. The molecule has 0 saturated heterocycles. The first-order valence-electron chi connectivity index (χ1n) is 4.80. The maximum Gasteiger partial charge on any atom is 0.319 e. The summed E-state index contributed by atoms with van der Waals surface area (Å²) in [5.74, 6) is -0.464. The number of ether oxygens (including phenoxy) is 1. The molecular weight excluding hydrogens is 196 g/mol. The number of methoxy groups -OCH3 is 1. The van der Waals surface area contributed by atoms with Crippen LogP contribution in [0.2, 0.25) is 0 Å². The van der Waals surface area contributed by atoms with Crippen LogP contribution in [0, 0.1) is 0 Å². The van der Waals surface area contributed by atoms with Gasteiger partial charge in [-0.2, -0.15) is 0 Å². The average molecular weight is 214 g/mol. The third kappa shape index (κ3) is 6.68. The molecule has 0 aliphatic heterocycles. The van der Waals surface area contributed by atoms with Crippen molar-refractivity contribution in [3.8, 4) is 0 Å². The van der Waals surface area contributed by atoms with Gasteiger partial charge in [0.25, 0.3) is 0 Å². The number of nitrogens with zero attached hydrogens (tertiary/aromatic N) is 1. The zero-order chi connectivity index (χ0) is 11.7. The Morgan fingerprint density at radius 3 is 2.60 bits per heavy atom. The number of hydrogen-bond donors (Lipinski definition) is 1. The van der Waals surface area contributed by atoms with E-state index in [-0.39, 0.29) is 25.0 Å². The van der Waals surface area contributed by atoms with Crippen molar-refractivity contribution in [3.05, 3.63) is 12.7 Å². The van der Waals surface area contributed by atoms with Crippen molar-refractivity contribution in [1.29, 1.82) is 0 Å². The average Bonchev–Trinajstić information content (AvgIpc) is 2.25. The first-order chi connectivity index (χ1) is 7.13. The van der Waals surface area contributed by atoms with Gasteiger partial charge in [-0.05, 0) is 6.54 Å². The summed E-state index contributed by atoms with van der Waals surface area (Å²) in [6.45, 7) is 6.76. The van der Waals surface area contributed by atoms with E-state index in [1.807, 2.05) is 6.92 Å². The van der Waals surface area contributed by atoms with E-state index in [2.05, 4.69) is 16.6 Å². The topological polar surface area (TPSA) is 58.6 Å². The van der Waals surface area contributed by atoms with Crippen molar-refractivity contribution in [3.63, 3.8) is 0 Å². The van der Waals surface area contributed by atoms with E-state index in [4.69, 9.17) is 0 Å². The van der Waals surface area contributed by atoms with Gasteiger partial charge in [0.2, 0.25) is 5.91 Å². The van der Waals surface area contributed by atoms with Crippen LogP contribution in [0.4, 0.5) is 0 Å². The summed E-state index contributed by atoms with van der Waals surface area (Å²) in [5.41, 5.74) is 0. The van der Waals surface area contributed by atoms with Gasteiger partial charge in [-0.1, -0.05) is 13.0 Å². The second kappa shape index (κ2) is 7.99. The number of amides is 1. The number of carbonyl (C=O) groups is 2. The smallest absolute Gasteiger partial charge is 0.319 e. The lowest BCUT2D eigenvalue weighted by Gasteiger charge is -2.17. The van der Waals surface area contributed by atoms with Gasteiger partial charge < -0.3 is 10.1 Å². The Balaban J connectivity index is 3.92. The van der Waals surface area contributed by atoms with Crippen molar-refractivity contribution < 1.29 is 14.3 Å². The third-order valence-corrected chi connectivity index (χ3v) is 1.84. The van der Waals surface area contributed by atoms with Gasteiger partial charge in [-0.25, -0.2) is 0 Å². The maximum atomic E-state index is 11.3. The summed E-state index contributed by atoms with van der Waals surface area (Å²) in [4.78, 5) is 24.0. The lowest BCUT2D eigenvalue weighted by Crippen LogP contribution is -2.40. The molecule has 0 fully saturated rings. The number of hydrogen-bond acceptors (Lipinski definition) is 4. The predicted molar refractivity (Wildman–Crippen MR) is 57.3 cm³/mol. The van der Waals surface area contributed by atoms with Crippen molar-refractivity contribution in [2.45, 2.75) is 6.92 Å². The highest BCUT2D eigenvalue weighted by Crippen LogP contribution is 1.88. The minimum Gasteiger partial charge on any atom is -0.468 e. The summed E-state index contributed by atoms with van der Waals surface area (Å²) >= 11 is 0. The number of esters is 1. The molecule has 0 saturated carbocycles. The highest BCUT2D eigenvalue weighted by Gasteiger charge is 2.12. The van der Waals surface area contributed by atoms with Gasteiger partial charge in [0.1, 0.15) is 0 Å². The quantitative estimate of drug-likeness (QED) is 0.470. The molecule has 0 spiro atoms. The van der Waals surface area contributed by atoms with Gasteiger partial charge >= 0.3 is 5.97 Å². The fourth-order valence-corrected chi connectivity index (χ4v) is 0.972. The maximum absolute atomic E-state index is 11.3. The first-order valence-corrected chi connectivity index (χ1v) is 4.80. The van der Waals surface area contributed by atoms with E-state index in [0.29, 0.717) is 13.1 Å². The van der Waals surface area contributed by atoms with Crippen LogP contribution >= 0.6 is 0 Å². The van der Waals surface area contributed by atoms with Crippen LogP contribution in [0.5, 0.6) is 0 Å². The van der Waals surface area contributed by atoms with Crippen molar-refractivity contribution in [2.75, 3.05) is 33.3 Å². The first kappa shape index (κ1) is 13.6. The Kier molecular flexibility index (Phi) is 7.27. The molecule has 0 bridgehead atoms. The zero-order valence-corrected chi connectivity index (χ0v) is 9.28. The molecule has 0 aromatic heterocycles. The van der Waals surface area contributed by atoms with E-state index >= 15 is 0 Å². The molecule has 0 aliphatic rings. The van der Waals surface area contributed by atoms with Gasteiger partial charge in [-0.15, -0.1) is 6.58 Å². The normalized spacial score (nSPS) is 9.80. The monoisotopic (exact) mass is 214 g/mol. The molecule has 0 unspecified atom stereocenters. The molecule has 15 heavy (non-hydrogen) atoms. The lowest BCUT2D eigenvalue weighted by molar-refractivity contribution is -0.142. The fraction of sp³-hybridized carbons (Fsp3) is 0.600. The number of nitrogens with one attached hydrogen (secondary N) is 1. The van der Waals surface area contributed by atoms with Crippen LogP contribution in [-0.2, 0) is 14.3 Å². The largest absolute Gasteiger partial charge is 0.468 e. The van der Waals surface area contributed by atoms with Crippen LogP contribution in [0.25, 0.3) is 0 Å². The van der Waals surface area contributed by atoms with Gasteiger partial charge in [0.05, 0.1) is 20.2 Å². The molecule has 5 nitrogen and oxygen atoms in total. The molecule has 86 valence electrons. The summed E-state index contributed by atoms with van der Waals surface area (Å²) < 4.78 is 4.52. The van der Waals surface area contributed by atoms with E-state index < -0.39 is 0 Å². The molecule has 5 heteroatoms. The van der Waals surface area contributed by atoms with Crippen molar-refractivity contribution in [2.24, 2.45) is 0 Å². The molecule has 1 amide bonds. The van der Waals surface area contributed by atoms with Crippen LogP contribution in [-0.4, -0.2) is 50.1 Å². The summed E-state index contributed by atoms with van der Waals surface area (Å²) in [6.07, 6.45) is 1.61. The van der Waals surface area contributed by atoms with Crippen LogP contribution in [0.15, 0.2) is 12.7 Å².